The number of nitrogens with one attached hydrogen (secondary N) is 2. The summed E-state index contributed by atoms with van der Waals surface area (Å²) in [4.78, 5) is 23.7. The molecule has 2 amide bonds. The molecule has 154 valence electrons. The van der Waals surface area contributed by atoms with Gasteiger partial charge in [0.15, 0.2) is 0 Å². The van der Waals surface area contributed by atoms with E-state index in [9.17, 15) is 18.0 Å². The standard InChI is InChI=1S/C20H23N3O5S/c21-19(24)15-5-1-4-14(10-15)12-22-20(25)16-6-2-8-18(11-16)29(26,27)23-13-17-7-3-9-28-17/h1-2,4-6,8,10-11,17,23H,3,7,9,12-13H2,(H2,21,24)(H,22,25)/t17-/m1/s1. The number of amides is 2. The molecule has 1 heterocycles. The Hall–Kier alpha value is -2.75. The SMILES string of the molecule is NC(=O)c1cccc(CNC(=O)c2cccc(S(=O)(=O)NC[C@H]3CCCO3)c2)c1. The molecular weight excluding hydrogens is 394 g/mol. The number of primary amides is 1. The summed E-state index contributed by atoms with van der Waals surface area (Å²) in [6, 6.07) is 12.4. The molecule has 0 radical (unpaired) electrons. The summed E-state index contributed by atoms with van der Waals surface area (Å²) < 4.78 is 33.0. The van der Waals surface area contributed by atoms with Gasteiger partial charge in [0, 0.05) is 30.8 Å². The second-order valence-electron chi connectivity index (χ2n) is 6.76. The van der Waals surface area contributed by atoms with E-state index in [1.54, 1.807) is 24.3 Å². The number of rotatable bonds is 8. The molecule has 2 aromatic carbocycles. The monoisotopic (exact) mass is 417 g/mol. The molecule has 9 heteroatoms. The van der Waals surface area contributed by atoms with Gasteiger partial charge in [-0.2, -0.15) is 0 Å². The Morgan fingerprint density at radius 3 is 2.59 bits per heavy atom. The lowest BCUT2D eigenvalue weighted by molar-refractivity contribution is 0.0950. The van der Waals surface area contributed by atoms with Crippen LogP contribution >= 0.6 is 0 Å². The van der Waals surface area contributed by atoms with Gasteiger partial charge in [-0.15, -0.1) is 0 Å². The van der Waals surface area contributed by atoms with Crippen LogP contribution in [0.5, 0.6) is 0 Å². The molecule has 1 aliphatic rings. The maximum Gasteiger partial charge on any atom is 0.251 e. The first-order chi connectivity index (χ1) is 13.8. The third-order valence-corrected chi connectivity index (χ3v) is 6.02. The summed E-state index contributed by atoms with van der Waals surface area (Å²) in [6.07, 6.45) is 1.62. The number of ether oxygens (including phenoxy) is 1. The van der Waals surface area contributed by atoms with Gasteiger partial charge in [0.25, 0.3) is 5.91 Å². The normalized spacial score (nSPS) is 16.5. The van der Waals surface area contributed by atoms with Crippen LogP contribution in [0.15, 0.2) is 53.4 Å². The number of carbonyl (C=O) groups is 2. The van der Waals surface area contributed by atoms with E-state index in [0.717, 1.165) is 12.8 Å². The number of nitrogens with two attached hydrogens (primary N) is 1. The third kappa shape index (κ3) is 5.63. The van der Waals surface area contributed by atoms with E-state index in [4.69, 9.17) is 10.5 Å². The highest BCUT2D eigenvalue weighted by Gasteiger charge is 2.21. The minimum absolute atomic E-state index is 0.0128. The van der Waals surface area contributed by atoms with Gasteiger partial charge < -0.3 is 15.8 Å². The summed E-state index contributed by atoms with van der Waals surface area (Å²) in [7, 11) is -3.75. The van der Waals surface area contributed by atoms with Crippen LogP contribution in [-0.4, -0.2) is 39.5 Å². The lowest BCUT2D eigenvalue weighted by Crippen LogP contribution is -2.32. The first-order valence-corrected chi connectivity index (χ1v) is 10.7. The molecule has 2 aromatic rings. The van der Waals surface area contributed by atoms with Gasteiger partial charge >= 0.3 is 0 Å². The third-order valence-electron chi connectivity index (χ3n) is 4.60. The van der Waals surface area contributed by atoms with E-state index >= 15 is 0 Å². The Morgan fingerprint density at radius 1 is 1.10 bits per heavy atom. The minimum Gasteiger partial charge on any atom is -0.377 e. The van der Waals surface area contributed by atoms with Crippen LogP contribution in [0.4, 0.5) is 0 Å². The maximum atomic E-state index is 12.5. The Labute approximate surface area is 169 Å². The highest BCUT2D eigenvalue weighted by Crippen LogP contribution is 2.15. The summed E-state index contributed by atoms with van der Waals surface area (Å²) in [5.41, 5.74) is 6.53. The average molecular weight is 417 g/mol. The molecule has 0 bridgehead atoms. The molecule has 0 aliphatic carbocycles. The Balaban J connectivity index is 1.64. The molecule has 8 nitrogen and oxygen atoms in total. The predicted molar refractivity (Wildman–Crippen MR) is 107 cm³/mol. The van der Waals surface area contributed by atoms with Crippen molar-refractivity contribution in [2.24, 2.45) is 5.73 Å². The summed E-state index contributed by atoms with van der Waals surface area (Å²) in [5, 5.41) is 2.71. The van der Waals surface area contributed by atoms with Gasteiger partial charge in [-0.25, -0.2) is 13.1 Å². The first kappa shape index (κ1) is 21.0. The maximum absolute atomic E-state index is 12.5. The van der Waals surface area contributed by atoms with Crippen molar-refractivity contribution in [3.63, 3.8) is 0 Å². The van der Waals surface area contributed by atoms with Crippen LogP contribution < -0.4 is 15.8 Å². The van der Waals surface area contributed by atoms with Crippen LogP contribution in [0.25, 0.3) is 0 Å². The molecule has 4 N–H and O–H groups in total. The van der Waals surface area contributed by atoms with Crippen molar-refractivity contribution in [1.29, 1.82) is 0 Å². The van der Waals surface area contributed by atoms with Gasteiger partial charge in [-0.3, -0.25) is 9.59 Å². The van der Waals surface area contributed by atoms with E-state index in [0.29, 0.717) is 17.7 Å². The second-order valence-corrected chi connectivity index (χ2v) is 8.53. The van der Waals surface area contributed by atoms with Crippen LogP contribution in [0.1, 0.15) is 39.1 Å². The number of hydrogen-bond acceptors (Lipinski definition) is 5. The molecule has 3 rings (SSSR count). The topological polar surface area (TPSA) is 128 Å². The average Bonchev–Trinajstić information content (AvgIpc) is 3.25. The fourth-order valence-corrected chi connectivity index (χ4v) is 4.13. The van der Waals surface area contributed by atoms with Gasteiger partial charge in [0.2, 0.25) is 15.9 Å². The summed E-state index contributed by atoms with van der Waals surface area (Å²) in [6.45, 7) is 1.02. The first-order valence-electron chi connectivity index (χ1n) is 9.23. The lowest BCUT2D eigenvalue weighted by atomic mass is 10.1. The Kier molecular flexibility index (Phi) is 6.63. The van der Waals surface area contributed by atoms with Crippen LogP contribution in [0.2, 0.25) is 0 Å². The van der Waals surface area contributed by atoms with Gasteiger partial charge in [-0.1, -0.05) is 18.2 Å². The zero-order chi connectivity index (χ0) is 20.9. The molecule has 0 spiro atoms. The highest BCUT2D eigenvalue weighted by atomic mass is 32.2. The Bertz CT molecular complexity index is 1000. The van der Waals surface area contributed by atoms with E-state index in [1.807, 2.05) is 0 Å². The lowest BCUT2D eigenvalue weighted by Gasteiger charge is -2.12. The molecular formula is C20H23N3O5S. The van der Waals surface area contributed by atoms with Crippen molar-refractivity contribution >= 4 is 21.8 Å². The molecule has 29 heavy (non-hydrogen) atoms. The molecule has 0 aromatic heterocycles. The van der Waals surface area contributed by atoms with Crippen LogP contribution in [0, 0.1) is 0 Å². The van der Waals surface area contributed by atoms with Gasteiger partial charge in [-0.05, 0) is 48.7 Å². The van der Waals surface area contributed by atoms with Gasteiger partial charge in [0.05, 0.1) is 11.0 Å². The minimum atomic E-state index is -3.75. The highest BCUT2D eigenvalue weighted by molar-refractivity contribution is 7.89. The van der Waals surface area contributed by atoms with Crippen molar-refractivity contribution in [2.75, 3.05) is 13.2 Å². The van der Waals surface area contributed by atoms with Crippen LogP contribution in [-0.2, 0) is 21.3 Å². The van der Waals surface area contributed by atoms with Crippen molar-refractivity contribution in [3.8, 4) is 0 Å². The van der Waals surface area contributed by atoms with Crippen molar-refractivity contribution < 1.29 is 22.7 Å². The smallest absolute Gasteiger partial charge is 0.251 e. The zero-order valence-electron chi connectivity index (χ0n) is 15.8. The number of sulfonamides is 1. The molecule has 1 aliphatic heterocycles. The van der Waals surface area contributed by atoms with E-state index in [2.05, 4.69) is 10.0 Å². The van der Waals surface area contributed by atoms with Crippen molar-refractivity contribution in [1.82, 2.24) is 10.0 Å². The molecule has 1 saturated heterocycles. The Morgan fingerprint density at radius 2 is 1.86 bits per heavy atom. The number of benzene rings is 2. The van der Waals surface area contributed by atoms with E-state index in [1.165, 1.54) is 24.3 Å². The zero-order valence-corrected chi connectivity index (χ0v) is 16.6. The largest absolute Gasteiger partial charge is 0.377 e. The molecule has 1 atom stereocenters. The fraction of sp³-hybridized carbons (Fsp3) is 0.300. The molecule has 1 fully saturated rings. The van der Waals surface area contributed by atoms with E-state index in [-0.39, 0.29) is 29.7 Å². The van der Waals surface area contributed by atoms with Gasteiger partial charge in [0.1, 0.15) is 0 Å². The summed E-state index contributed by atoms with van der Waals surface area (Å²) in [5.74, 6) is -0.975. The number of hydrogen-bond donors (Lipinski definition) is 3. The number of carbonyl (C=O) groups excluding carboxylic acids is 2. The fourth-order valence-electron chi connectivity index (χ4n) is 3.01. The quantitative estimate of drug-likeness (QED) is 0.594. The van der Waals surface area contributed by atoms with E-state index < -0.39 is 21.8 Å². The van der Waals surface area contributed by atoms with Crippen molar-refractivity contribution in [2.45, 2.75) is 30.4 Å². The van der Waals surface area contributed by atoms with Crippen molar-refractivity contribution in [3.05, 3.63) is 65.2 Å². The molecule has 0 saturated carbocycles. The summed E-state index contributed by atoms with van der Waals surface area (Å²) >= 11 is 0. The van der Waals surface area contributed by atoms with Crippen LogP contribution in [0.3, 0.4) is 0 Å². The molecule has 0 unspecified atom stereocenters. The second kappa shape index (κ2) is 9.17. The predicted octanol–water partition coefficient (Wildman–Crippen LogP) is 1.17.